The summed E-state index contributed by atoms with van der Waals surface area (Å²) in [4.78, 5) is 7.37. The molecule has 0 amide bonds. The normalized spacial score (nSPS) is 17.0. The van der Waals surface area contributed by atoms with Gasteiger partial charge in [-0.3, -0.25) is 0 Å². The van der Waals surface area contributed by atoms with E-state index in [9.17, 15) is 0 Å². The third-order valence-corrected chi connectivity index (χ3v) is 4.31. The fraction of sp³-hybridized carbons (Fsp3) is 0.722. The molecule has 1 aromatic heterocycles. The lowest BCUT2D eigenvalue weighted by molar-refractivity contribution is 0.436. The number of nitrogens with one attached hydrogen (secondary N) is 1. The molecule has 1 N–H and O–H groups in total. The van der Waals surface area contributed by atoms with E-state index in [1.165, 1.54) is 29.9 Å². The van der Waals surface area contributed by atoms with Crippen molar-refractivity contribution >= 4 is 5.82 Å². The average molecular weight is 289 g/mol. The van der Waals surface area contributed by atoms with Gasteiger partial charge in [0.25, 0.3) is 0 Å². The maximum Gasteiger partial charge on any atom is 0.129 e. The van der Waals surface area contributed by atoms with Gasteiger partial charge in [0, 0.05) is 31.4 Å². The first-order valence-electron chi connectivity index (χ1n) is 8.45. The number of piperidine rings is 1. The molecule has 0 aliphatic carbocycles. The predicted molar refractivity (Wildman–Crippen MR) is 90.9 cm³/mol. The van der Waals surface area contributed by atoms with E-state index in [0.717, 1.165) is 25.6 Å². The summed E-state index contributed by atoms with van der Waals surface area (Å²) >= 11 is 0. The van der Waals surface area contributed by atoms with Crippen molar-refractivity contribution in [2.45, 2.75) is 66.0 Å². The number of rotatable bonds is 5. The summed E-state index contributed by atoms with van der Waals surface area (Å²) in [7, 11) is 0. The molecule has 0 aromatic carbocycles. The van der Waals surface area contributed by atoms with E-state index < -0.39 is 0 Å². The molecule has 1 saturated heterocycles. The van der Waals surface area contributed by atoms with Crippen molar-refractivity contribution < 1.29 is 0 Å². The summed E-state index contributed by atoms with van der Waals surface area (Å²) in [6, 6.07) is 5.05. The number of nitrogens with zero attached hydrogens (tertiary/aromatic N) is 2. The highest BCUT2D eigenvalue weighted by atomic mass is 15.2. The molecule has 0 atom stereocenters. The number of hydrogen-bond acceptors (Lipinski definition) is 3. The van der Waals surface area contributed by atoms with E-state index in [2.05, 4.69) is 57.0 Å². The number of pyridine rings is 1. The summed E-state index contributed by atoms with van der Waals surface area (Å²) in [5.41, 5.74) is 2.57. The fourth-order valence-electron chi connectivity index (χ4n) is 2.71. The molecule has 2 rings (SSSR count). The van der Waals surface area contributed by atoms with Crippen molar-refractivity contribution in [3.8, 4) is 0 Å². The Kier molecular flexibility index (Phi) is 5.63. The second-order valence-electron chi connectivity index (χ2n) is 7.12. The summed E-state index contributed by atoms with van der Waals surface area (Å²) in [5.74, 6) is 2.51. The van der Waals surface area contributed by atoms with E-state index in [-0.39, 0.29) is 0 Å². The SMILES string of the molecule is CC1CCN(c2cc(CNC(C)C)cc(C(C)C)n2)CC1. The Bertz CT molecular complexity index is 446. The van der Waals surface area contributed by atoms with E-state index >= 15 is 0 Å². The number of aromatic nitrogens is 1. The van der Waals surface area contributed by atoms with Gasteiger partial charge in [-0.05, 0) is 42.4 Å². The van der Waals surface area contributed by atoms with Gasteiger partial charge in [-0.2, -0.15) is 0 Å². The van der Waals surface area contributed by atoms with Gasteiger partial charge >= 0.3 is 0 Å². The minimum absolute atomic E-state index is 0.478. The van der Waals surface area contributed by atoms with Gasteiger partial charge in [-0.1, -0.05) is 34.6 Å². The van der Waals surface area contributed by atoms with Gasteiger partial charge < -0.3 is 10.2 Å². The van der Waals surface area contributed by atoms with Gasteiger partial charge in [0.15, 0.2) is 0 Å². The topological polar surface area (TPSA) is 28.2 Å². The van der Waals surface area contributed by atoms with Crippen LogP contribution in [0.1, 0.15) is 64.6 Å². The fourth-order valence-corrected chi connectivity index (χ4v) is 2.71. The zero-order chi connectivity index (χ0) is 15.4. The maximum absolute atomic E-state index is 4.91. The molecule has 0 bridgehead atoms. The van der Waals surface area contributed by atoms with Crippen LogP contribution in [0.3, 0.4) is 0 Å². The molecule has 21 heavy (non-hydrogen) atoms. The smallest absolute Gasteiger partial charge is 0.129 e. The Hall–Kier alpha value is -1.09. The largest absolute Gasteiger partial charge is 0.357 e. The van der Waals surface area contributed by atoms with E-state index in [4.69, 9.17) is 4.98 Å². The third kappa shape index (κ3) is 4.70. The lowest BCUT2D eigenvalue weighted by Gasteiger charge is -2.32. The van der Waals surface area contributed by atoms with E-state index in [1.807, 2.05) is 0 Å². The summed E-state index contributed by atoms with van der Waals surface area (Å²) in [6.45, 7) is 14.4. The second-order valence-corrected chi connectivity index (χ2v) is 7.12. The van der Waals surface area contributed by atoms with Crippen LogP contribution in [0.15, 0.2) is 12.1 Å². The molecule has 1 aliphatic rings. The van der Waals surface area contributed by atoms with Gasteiger partial charge in [-0.15, -0.1) is 0 Å². The number of hydrogen-bond donors (Lipinski definition) is 1. The van der Waals surface area contributed by atoms with Crippen molar-refractivity contribution in [3.05, 3.63) is 23.4 Å². The van der Waals surface area contributed by atoms with Gasteiger partial charge in [0.05, 0.1) is 0 Å². The predicted octanol–water partition coefficient (Wildman–Crippen LogP) is 3.94. The molecule has 0 spiro atoms. The van der Waals surface area contributed by atoms with Crippen LogP contribution in [0, 0.1) is 5.92 Å². The zero-order valence-electron chi connectivity index (χ0n) is 14.3. The zero-order valence-corrected chi connectivity index (χ0v) is 14.3. The van der Waals surface area contributed by atoms with Crippen molar-refractivity contribution in [2.24, 2.45) is 5.92 Å². The van der Waals surface area contributed by atoms with Crippen LogP contribution in [0.5, 0.6) is 0 Å². The number of anilines is 1. The molecular weight excluding hydrogens is 258 g/mol. The highest BCUT2D eigenvalue weighted by Gasteiger charge is 2.18. The molecule has 2 heterocycles. The first-order chi connectivity index (χ1) is 9.95. The van der Waals surface area contributed by atoms with Crippen LogP contribution >= 0.6 is 0 Å². The second kappa shape index (κ2) is 7.26. The van der Waals surface area contributed by atoms with Crippen LogP contribution in [0.2, 0.25) is 0 Å². The van der Waals surface area contributed by atoms with Crippen LogP contribution in [-0.4, -0.2) is 24.1 Å². The van der Waals surface area contributed by atoms with E-state index in [1.54, 1.807) is 0 Å². The first kappa shape index (κ1) is 16.3. The molecule has 0 unspecified atom stereocenters. The van der Waals surface area contributed by atoms with Crippen LogP contribution in [0.4, 0.5) is 5.82 Å². The molecule has 0 saturated carbocycles. The highest BCUT2D eigenvalue weighted by Crippen LogP contribution is 2.25. The van der Waals surface area contributed by atoms with Gasteiger partial charge in [0.2, 0.25) is 0 Å². The molecule has 3 heteroatoms. The summed E-state index contributed by atoms with van der Waals surface area (Å²) < 4.78 is 0. The Morgan fingerprint density at radius 1 is 1.19 bits per heavy atom. The van der Waals surface area contributed by atoms with Crippen molar-refractivity contribution in [1.82, 2.24) is 10.3 Å². The minimum atomic E-state index is 0.478. The monoisotopic (exact) mass is 289 g/mol. The highest BCUT2D eigenvalue weighted by molar-refractivity contribution is 5.43. The molecule has 0 radical (unpaired) electrons. The molecule has 1 aliphatic heterocycles. The third-order valence-electron chi connectivity index (χ3n) is 4.31. The first-order valence-corrected chi connectivity index (χ1v) is 8.45. The minimum Gasteiger partial charge on any atom is -0.357 e. The standard InChI is InChI=1S/C18H31N3/c1-13(2)17-10-16(12-19-14(3)4)11-18(20-17)21-8-6-15(5)7-9-21/h10-11,13-15,19H,6-9,12H2,1-5H3. The lowest BCUT2D eigenvalue weighted by Crippen LogP contribution is -2.33. The lowest BCUT2D eigenvalue weighted by atomic mass is 9.99. The van der Waals surface area contributed by atoms with Gasteiger partial charge in [-0.25, -0.2) is 4.98 Å². The Morgan fingerprint density at radius 3 is 2.43 bits per heavy atom. The van der Waals surface area contributed by atoms with Crippen molar-refractivity contribution in [3.63, 3.8) is 0 Å². The van der Waals surface area contributed by atoms with Crippen LogP contribution in [-0.2, 0) is 6.54 Å². The van der Waals surface area contributed by atoms with Crippen LogP contribution in [0.25, 0.3) is 0 Å². The molecular formula is C18H31N3. The Balaban J connectivity index is 2.18. The van der Waals surface area contributed by atoms with Gasteiger partial charge in [0.1, 0.15) is 5.82 Å². The van der Waals surface area contributed by atoms with Crippen molar-refractivity contribution in [2.75, 3.05) is 18.0 Å². The van der Waals surface area contributed by atoms with Crippen molar-refractivity contribution in [1.29, 1.82) is 0 Å². The summed E-state index contributed by atoms with van der Waals surface area (Å²) in [6.07, 6.45) is 2.57. The molecule has 118 valence electrons. The average Bonchev–Trinajstić information content (AvgIpc) is 2.45. The molecule has 1 aromatic rings. The summed E-state index contributed by atoms with van der Waals surface area (Å²) in [5, 5.41) is 3.52. The van der Waals surface area contributed by atoms with Crippen LogP contribution < -0.4 is 10.2 Å². The van der Waals surface area contributed by atoms with E-state index in [0.29, 0.717) is 12.0 Å². The Labute approximate surface area is 130 Å². The quantitative estimate of drug-likeness (QED) is 0.890. The molecule has 1 fully saturated rings. The Morgan fingerprint density at radius 2 is 1.86 bits per heavy atom. The maximum atomic E-state index is 4.91. The molecule has 3 nitrogen and oxygen atoms in total.